The summed E-state index contributed by atoms with van der Waals surface area (Å²) in [7, 11) is -0.375. The van der Waals surface area contributed by atoms with Gasteiger partial charge in [-0.2, -0.15) is 0 Å². The number of hydrogen-bond acceptors (Lipinski definition) is 5. The topological polar surface area (TPSA) is 18.5 Å². The molecule has 0 atom stereocenters. The van der Waals surface area contributed by atoms with E-state index < -0.39 is 0 Å². The van der Waals surface area contributed by atoms with Gasteiger partial charge in [-0.3, -0.25) is 9.80 Å². The molecule has 1 rings (SSSR count). The number of nitrogens with one attached hydrogen (secondary N) is 1. The minimum Gasteiger partial charge on any atom is -0.302 e. The molecular weight excluding hydrogens is 246 g/mol. The summed E-state index contributed by atoms with van der Waals surface area (Å²) in [5.74, 6) is 1.05. The van der Waals surface area contributed by atoms with Gasteiger partial charge >= 0.3 is 0 Å². The van der Waals surface area contributed by atoms with Gasteiger partial charge in [0.15, 0.2) is 0 Å². The molecule has 1 N–H and O–H groups in total. The maximum Gasteiger partial charge on any atom is 0.0483 e. The highest BCUT2D eigenvalue weighted by Crippen LogP contribution is 2.35. The lowest BCUT2D eigenvalue weighted by Gasteiger charge is -2.35. The molecule has 3 nitrogen and oxygen atoms in total. The summed E-state index contributed by atoms with van der Waals surface area (Å²) in [5.41, 5.74) is 0. The van der Waals surface area contributed by atoms with Crippen molar-refractivity contribution in [2.45, 2.75) is 19.9 Å². The zero-order valence-electron chi connectivity index (χ0n) is 9.56. The van der Waals surface area contributed by atoms with Gasteiger partial charge < -0.3 is 5.32 Å². The highest BCUT2D eigenvalue weighted by atomic mass is 33.5. The first-order valence-electron chi connectivity index (χ1n) is 5.41. The van der Waals surface area contributed by atoms with Crippen LogP contribution in [0.15, 0.2) is 0 Å². The van der Waals surface area contributed by atoms with Gasteiger partial charge in [-0.25, -0.2) is 0 Å². The van der Waals surface area contributed by atoms with Gasteiger partial charge in [0.1, 0.15) is 0 Å². The summed E-state index contributed by atoms with van der Waals surface area (Å²) in [5, 5.41) is 3.45. The smallest absolute Gasteiger partial charge is 0.0483 e. The van der Waals surface area contributed by atoms with Crippen molar-refractivity contribution in [3.63, 3.8) is 0 Å². The number of hydrogen-bond donors (Lipinski definition) is 4. The van der Waals surface area contributed by atoms with Crippen LogP contribution in [0.5, 0.6) is 0 Å². The molecule has 1 aliphatic heterocycles. The molecule has 0 bridgehead atoms. The molecule has 0 aromatic heterocycles. The number of thiol groups is 3. The van der Waals surface area contributed by atoms with Crippen molar-refractivity contribution in [3.05, 3.63) is 0 Å². The van der Waals surface area contributed by atoms with Gasteiger partial charge in [-0.05, 0) is 13.8 Å². The van der Waals surface area contributed by atoms with Crippen molar-refractivity contribution in [2.75, 3.05) is 38.7 Å². The van der Waals surface area contributed by atoms with E-state index >= 15 is 0 Å². The Morgan fingerprint density at radius 2 is 1.67 bits per heavy atom. The molecule has 0 aromatic rings. The van der Waals surface area contributed by atoms with Crippen LogP contribution in [0.4, 0.5) is 0 Å². The van der Waals surface area contributed by atoms with E-state index in [0.717, 1.165) is 38.7 Å². The van der Waals surface area contributed by atoms with Crippen LogP contribution in [-0.2, 0) is 0 Å². The third-order valence-corrected chi connectivity index (χ3v) is 3.93. The van der Waals surface area contributed by atoms with Crippen LogP contribution in [0.3, 0.4) is 0 Å². The van der Waals surface area contributed by atoms with Gasteiger partial charge in [-0.1, -0.05) is 0 Å². The molecular formula is C9H23N3S3. The molecule has 1 fully saturated rings. The van der Waals surface area contributed by atoms with Crippen molar-refractivity contribution in [2.24, 2.45) is 0 Å². The average molecular weight is 270 g/mol. The Balaban J connectivity index is 2.12. The zero-order valence-corrected chi connectivity index (χ0v) is 12.2. The third-order valence-electron chi connectivity index (χ3n) is 2.51. The first-order chi connectivity index (χ1) is 7.08. The predicted octanol–water partition coefficient (Wildman–Crippen LogP) is 1.21. The Morgan fingerprint density at radius 1 is 1.13 bits per heavy atom. The molecule has 0 aliphatic carbocycles. The van der Waals surface area contributed by atoms with E-state index in [4.69, 9.17) is 0 Å². The molecule has 15 heavy (non-hydrogen) atoms. The molecule has 0 saturated carbocycles. The summed E-state index contributed by atoms with van der Waals surface area (Å²) in [6.45, 7) is 10.0. The van der Waals surface area contributed by atoms with Crippen LogP contribution in [0.1, 0.15) is 13.8 Å². The van der Waals surface area contributed by atoms with Gasteiger partial charge in [0.2, 0.25) is 0 Å². The first kappa shape index (κ1) is 14.0. The Kier molecular flexibility index (Phi) is 6.80. The SMILES string of the molecule is CC(C)NCN1CCN(C[SH](S)S)CC1. The standard InChI is InChI=1S/C9H23N3S3/c1-9(2)10-7-11-3-5-12(6-4-11)8-15(13)14/h9-10,13-15H,3-8H2,1-2H3. The fraction of sp³-hybridized carbons (Fsp3) is 1.00. The molecule has 92 valence electrons. The highest BCUT2D eigenvalue weighted by Gasteiger charge is 2.16. The van der Waals surface area contributed by atoms with Crippen LogP contribution in [0.2, 0.25) is 0 Å². The van der Waals surface area contributed by atoms with E-state index in [9.17, 15) is 0 Å². The Morgan fingerprint density at radius 3 is 2.13 bits per heavy atom. The van der Waals surface area contributed by atoms with Gasteiger partial charge in [-0.15, -0.1) is 32.3 Å². The van der Waals surface area contributed by atoms with Gasteiger partial charge in [0.05, 0.1) is 0 Å². The summed E-state index contributed by atoms with van der Waals surface area (Å²) < 4.78 is 0. The van der Waals surface area contributed by atoms with E-state index in [0.29, 0.717) is 6.04 Å². The predicted molar refractivity (Wildman–Crippen MR) is 78.1 cm³/mol. The minimum atomic E-state index is -0.375. The van der Waals surface area contributed by atoms with Crippen molar-refractivity contribution in [3.8, 4) is 0 Å². The third kappa shape index (κ3) is 6.28. The lowest BCUT2D eigenvalue weighted by Crippen LogP contribution is -2.49. The number of nitrogens with zero attached hydrogens (tertiary/aromatic N) is 2. The van der Waals surface area contributed by atoms with Crippen LogP contribution in [0.25, 0.3) is 0 Å². The van der Waals surface area contributed by atoms with Crippen LogP contribution in [0, 0.1) is 0 Å². The maximum atomic E-state index is 4.36. The summed E-state index contributed by atoms with van der Waals surface area (Å²) in [6, 6.07) is 0.575. The second kappa shape index (κ2) is 7.29. The van der Waals surface area contributed by atoms with Crippen molar-refractivity contribution < 1.29 is 0 Å². The molecule has 0 aromatic carbocycles. The average Bonchev–Trinajstić information content (AvgIpc) is 2.16. The summed E-state index contributed by atoms with van der Waals surface area (Å²) in [4.78, 5) is 4.92. The van der Waals surface area contributed by atoms with Crippen molar-refractivity contribution in [1.29, 1.82) is 0 Å². The van der Waals surface area contributed by atoms with Crippen molar-refractivity contribution >= 4 is 32.3 Å². The maximum absolute atomic E-state index is 4.36. The van der Waals surface area contributed by atoms with Crippen LogP contribution in [-0.4, -0.2) is 54.6 Å². The molecule has 1 heterocycles. The Hall–Kier alpha value is 0.930. The Labute approximate surface area is 106 Å². The second-order valence-corrected chi connectivity index (χ2v) is 9.14. The van der Waals surface area contributed by atoms with Gasteiger partial charge in [0, 0.05) is 44.8 Å². The fourth-order valence-electron chi connectivity index (χ4n) is 1.58. The number of rotatable bonds is 5. The fourth-order valence-corrected chi connectivity index (χ4v) is 3.29. The zero-order chi connectivity index (χ0) is 11.3. The normalized spacial score (nSPS) is 21.0. The molecule has 1 aliphatic rings. The van der Waals surface area contributed by atoms with Crippen LogP contribution < -0.4 is 5.32 Å². The van der Waals surface area contributed by atoms with E-state index in [1.54, 1.807) is 0 Å². The van der Waals surface area contributed by atoms with E-state index in [2.05, 4.69) is 52.3 Å². The minimum absolute atomic E-state index is 0.375. The largest absolute Gasteiger partial charge is 0.302 e. The lowest BCUT2D eigenvalue weighted by atomic mass is 10.3. The molecule has 0 radical (unpaired) electrons. The molecule has 0 spiro atoms. The number of piperazine rings is 1. The molecule has 6 heteroatoms. The van der Waals surface area contributed by atoms with E-state index in [-0.39, 0.29) is 8.96 Å². The Bertz CT molecular complexity index is 170. The molecule has 1 saturated heterocycles. The molecule has 0 unspecified atom stereocenters. The van der Waals surface area contributed by atoms with E-state index in [1.807, 2.05) is 0 Å². The summed E-state index contributed by atoms with van der Waals surface area (Å²) >= 11 is 8.72. The monoisotopic (exact) mass is 269 g/mol. The highest BCUT2D eigenvalue weighted by molar-refractivity contribution is 9.09. The quantitative estimate of drug-likeness (QED) is 0.444. The van der Waals surface area contributed by atoms with E-state index in [1.165, 1.54) is 0 Å². The molecule has 0 amide bonds. The first-order valence-corrected chi connectivity index (χ1v) is 9.24. The van der Waals surface area contributed by atoms with Gasteiger partial charge in [0.25, 0.3) is 0 Å². The lowest BCUT2D eigenvalue weighted by molar-refractivity contribution is 0.138. The van der Waals surface area contributed by atoms with Crippen molar-refractivity contribution in [1.82, 2.24) is 15.1 Å². The summed E-state index contributed by atoms with van der Waals surface area (Å²) in [6.07, 6.45) is 0. The second-order valence-electron chi connectivity index (χ2n) is 4.27. The van der Waals surface area contributed by atoms with Crippen LogP contribution >= 0.6 is 32.3 Å².